The second-order valence-corrected chi connectivity index (χ2v) is 7.26. The van der Waals surface area contributed by atoms with Gasteiger partial charge in [0.15, 0.2) is 6.20 Å². The van der Waals surface area contributed by atoms with Crippen molar-refractivity contribution in [2.24, 2.45) is 7.05 Å². The molecule has 0 spiro atoms. The van der Waals surface area contributed by atoms with Crippen molar-refractivity contribution in [3.8, 4) is 11.3 Å². The molecule has 3 heterocycles. The lowest BCUT2D eigenvalue weighted by atomic mass is 9.95. The van der Waals surface area contributed by atoms with E-state index in [4.69, 9.17) is 4.98 Å². The Bertz CT molecular complexity index is 1100. The van der Waals surface area contributed by atoms with Crippen molar-refractivity contribution in [1.82, 2.24) is 9.38 Å². The lowest BCUT2D eigenvalue weighted by molar-refractivity contribution is -0.660. The molecule has 126 valence electrons. The first-order valence-electron chi connectivity index (χ1n) is 8.83. The summed E-state index contributed by atoms with van der Waals surface area (Å²) in [4.78, 5) is 4.80. The Balaban J connectivity index is 2.00. The zero-order chi connectivity index (χ0) is 17.7. The van der Waals surface area contributed by atoms with Crippen LogP contribution in [0.3, 0.4) is 0 Å². The average molecular weight is 330 g/mol. The molecule has 0 fully saturated rings. The predicted molar refractivity (Wildman–Crippen MR) is 103 cm³/mol. The first kappa shape index (κ1) is 15.8. The highest BCUT2D eigenvalue weighted by Crippen LogP contribution is 2.29. The van der Waals surface area contributed by atoms with Gasteiger partial charge in [0, 0.05) is 17.8 Å². The summed E-state index contributed by atoms with van der Waals surface area (Å²) in [6.45, 7) is 8.89. The van der Waals surface area contributed by atoms with Crippen LogP contribution in [0.5, 0.6) is 0 Å². The Labute approximate surface area is 148 Å². The predicted octanol–water partition coefficient (Wildman–Crippen LogP) is 4.72. The van der Waals surface area contributed by atoms with Crippen LogP contribution in [0.1, 0.15) is 36.5 Å². The summed E-state index contributed by atoms with van der Waals surface area (Å²) < 4.78 is 4.38. The molecule has 0 radical (unpaired) electrons. The minimum Gasteiger partial charge on any atom is -0.300 e. The maximum atomic E-state index is 4.80. The summed E-state index contributed by atoms with van der Waals surface area (Å²) in [7, 11) is 2.12. The smallest absolute Gasteiger partial charge is 0.212 e. The number of pyridine rings is 2. The van der Waals surface area contributed by atoms with E-state index in [1.165, 1.54) is 27.9 Å². The largest absolute Gasteiger partial charge is 0.300 e. The Morgan fingerprint density at radius 3 is 2.60 bits per heavy atom. The topological polar surface area (TPSA) is 21.2 Å². The molecule has 0 unspecified atom stereocenters. The number of aromatic nitrogens is 3. The van der Waals surface area contributed by atoms with Crippen molar-refractivity contribution in [2.45, 2.75) is 33.6 Å². The molecule has 0 saturated carbocycles. The molecule has 4 rings (SSSR count). The van der Waals surface area contributed by atoms with Crippen LogP contribution < -0.4 is 4.57 Å². The van der Waals surface area contributed by atoms with E-state index in [2.05, 4.69) is 80.4 Å². The van der Waals surface area contributed by atoms with Crippen molar-refractivity contribution in [3.63, 3.8) is 0 Å². The monoisotopic (exact) mass is 330 g/mol. The van der Waals surface area contributed by atoms with Crippen LogP contribution in [0.4, 0.5) is 0 Å². The summed E-state index contributed by atoms with van der Waals surface area (Å²) in [5.74, 6) is 0.513. The van der Waals surface area contributed by atoms with E-state index in [9.17, 15) is 0 Å². The zero-order valence-corrected chi connectivity index (χ0v) is 15.5. The van der Waals surface area contributed by atoms with Crippen LogP contribution in [-0.2, 0) is 7.05 Å². The number of hydrogen-bond acceptors (Lipinski definition) is 1. The number of nitrogens with zero attached hydrogens (tertiary/aromatic N) is 3. The summed E-state index contributed by atoms with van der Waals surface area (Å²) in [5.41, 5.74) is 9.70. The molecule has 3 aromatic heterocycles. The Morgan fingerprint density at radius 2 is 1.84 bits per heavy atom. The van der Waals surface area contributed by atoms with Gasteiger partial charge >= 0.3 is 0 Å². The molecule has 0 saturated heterocycles. The Morgan fingerprint density at radius 1 is 1.04 bits per heavy atom. The number of aryl methyl sites for hydroxylation is 3. The van der Waals surface area contributed by atoms with Crippen LogP contribution in [0.25, 0.3) is 27.9 Å². The molecule has 0 N–H and O–H groups in total. The van der Waals surface area contributed by atoms with Gasteiger partial charge in [-0.25, -0.2) is 9.55 Å². The van der Waals surface area contributed by atoms with Crippen molar-refractivity contribution in [1.29, 1.82) is 0 Å². The van der Waals surface area contributed by atoms with Crippen molar-refractivity contribution < 1.29 is 4.57 Å². The van der Waals surface area contributed by atoms with Crippen LogP contribution in [0.2, 0.25) is 0 Å². The summed E-state index contributed by atoms with van der Waals surface area (Å²) in [5, 5.41) is 0. The molecule has 0 aliphatic heterocycles. The first-order valence-corrected chi connectivity index (χ1v) is 8.83. The number of hydrogen-bond donors (Lipinski definition) is 0. The van der Waals surface area contributed by atoms with Gasteiger partial charge in [0.1, 0.15) is 12.7 Å². The van der Waals surface area contributed by atoms with Crippen LogP contribution >= 0.6 is 0 Å². The molecule has 0 aliphatic carbocycles. The zero-order valence-electron chi connectivity index (χ0n) is 15.5. The molecule has 0 bridgehead atoms. The lowest BCUT2D eigenvalue weighted by Crippen LogP contribution is -2.32. The van der Waals surface area contributed by atoms with E-state index in [1.807, 2.05) is 12.1 Å². The van der Waals surface area contributed by atoms with Crippen LogP contribution in [0, 0.1) is 13.8 Å². The third-order valence-electron chi connectivity index (χ3n) is 5.07. The normalized spacial score (nSPS) is 11.8. The lowest BCUT2D eigenvalue weighted by Gasteiger charge is -2.12. The molecular formula is C22H24N3+. The Kier molecular flexibility index (Phi) is 3.60. The molecule has 4 aromatic rings. The highest BCUT2D eigenvalue weighted by molar-refractivity contribution is 5.86. The minimum atomic E-state index is 0.513. The summed E-state index contributed by atoms with van der Waals surface area (Å²) in [6, 6.07) is 12.9. The highest BCUT2D eigenvalue weighted by atomic mass is 15.0. The maximum Gasteiger partial charge on any atom is 0.212 e. The fourth-order valence-corrected chi connectivity index (χ4v) is 3.78. The Hall–Kier alpha value is -2.68. The van der Waals surface area contributed by atoms with Gasteiger partial charge in [0.05, 0.1) is 16.6 Å². The van der Waals surface area contributed by atoms with Gasteiger partial charge in [0.25, 0.3) is 0 Å². The van der Waals surface area contributed by atoms with E-state index >= 15 is 0 Å². The van der Waals surface area contributed by atoms with E-state index in [1.54, 1.807) is 0 Å². The molecule has 3 heteroatoms. The van der Waals surface area contributed by atoms with Crippen molar-refractivity contribution in [3.05, 3.63) is 65.5 Å². The third kappa shape index (κ3) is 2.51. The molecule has 0 atom stereocenters. The van der Waals surface area contributed by atoms with Gasteiger partial charge in [0.2, 0.25) is 5.69 Å². The third-order valence-corrected chi connectivity index (χ3v) is 5.07. The van der Waals surface area contributed by atoms with Gasteiger partial charge < -0.3 is 0 Å². The van der Waals surface area contributed by atoms with Gasteiger partial charge in [-0.2, -0.15) is 0 Å². The first-order chi connectivity index (χ1) is 12.0. The summed E-state index contributed by atoms with van der Waals surface area (Å²) >= 11 is 0. The molecule has 0 amide bonds. The number of benzene rings is 1. The van der Waals surface area contributed by atoms with E-state index in [0.717, 1.165) is 16.7 Å². The molecular weight excluding hydrogens is 306 g/mol. The average Bonchev–Trinajstić information content (AvgIpc) is 2.92. The van der Waals surface area contributed by atoms with Gasteiger partial charge in [-0.05, 0) is 55.2 Å². The molecule has 1 aromatic carbocycles. The molecule has 25 heavy (non-hydrogen) atoms. The van der Waals surface area contributed by atoms with E-state index < -0.39 is 0 Å². The standard InChI is InChI=1S/C22H24N3/c1-14(2)17-12-20(24(5)13-16(17)4)18-11-19-21(10-15(18)3)25-9-7-6-8-22(25)23-19/h6-14H,1-5H3/q+1. The number of rotatable bonds is 2. The molecule has 0 aliphatic rings. The van der Waals surface area contributed by atoms with Gasteiger partial charge in [-0.1, -0.05) is 19.9 Å². The van der Waals surface area contributed by atoms with E-state index in [0.29, 0.717) is 5.92 Å². The van der Waals surface area contributed by atoms with E-state index in [-0.39, 0.29) is 0 Å². The van der Waals surface area contributed by atoms with Crippen LogP contribution in [0.15, 0.2) is 48.8 Å². The molecule has 3 nitrogen and oxygen atoms in total. The van der Waals surface area contributed by atoms with Crippen molar-refractivity contribution in [2.75, 3.05) is 0 Å². The second kappa shape index (κ2) is 5.69. The quantitative estimate of drug-likeness (QED) is 0.487. The maximum absolute atomic E-state index is 4.80. The minimum absolute atomic E-state index is 0.513. The summed E-state index contributed by atoms with van der Waals surface area (Å²) in [6.07, 6.45) is 4.31. The fourth-order valence-electron chi connectivity index (χ4n) is 3.78. The fraction of sp³-hybridized carbons (Fsp3) is 0.273. The number of fused-ring (bicyclic) bond motifs is 3. The van der Waals surface area contributed by atoms with Gasteiger partial charge in [-0.3, -0.25) is 4.40 Å². The van der Waals surface area contributed by atoms with Crippen LogP contribution in [-0.4, -0.2) is 9.38 Å². The highest BCUT2D eigenvalue weighted by Gasteiger charge is 2.19. The second-order valence-electron chi connectivity index (χ2n) is 7.26. The van der Waals surface area contributed by atoms with Crippen molar-refractivity contribution >= 4 is 16.7 Å². The van der Waals surface area contributed by atoms with Gasteiger partial charge in [-0.15, -0.1) is 0 Å². The SMILES string of the molecule is Cc1cc2c(cc1-c1cc(C(C)C)c(C)c[n+]1C)nc1ccccn12. The number of imidazole rings is 1.